The maximum Gasteiger partial charge on any atom is 0.244 e. The number of hydrogen-bond acceptors (Lipinski definition) is 3. The number of nitrogen functional groups attached to an aromatic ring is 1. The van der Waals surface area contributed by atoms with Crippen LogP contribution in [-0.2, 0) is 10.0 Å². The molecule has 0 radical (unpaired) electrons. The van der Waals surface area contributed by atoms with Crippen molar-refractivity contribution in [3.05, 3.63) is 22.7 Å². The van der Waals surface area contributed by atoms with Gasteiger partial charge in [0, 0.05) is 22.7 Å². The molecule has 1 aromatic rings. The van der Waals surface area contributed by atoms with Crippen LogP contribution in [-0.4, -0.2) is 25.3 Å². The Morgan fingerprint density at radius 3 is 2.50 bits per heavy atom. The molecule has 102 valence electrons. The van der Waals surface area contributed by atoms with Gasteiger partial charge in [0.2, 0.25) is 10.0 Å². The van der Waals surface area contributed by atoms with Crippen LogP contribution in [0.5, 0.6) is 0 Å². The summed E-state index contributed by atoms with van der Waals surface area (Å²) >= 11 is 3.27. The lowest BCUT2D eigenvalue weighted by Crippen LogP contribution is -2.37. The van der Waals surface area contributed by atoms with Crippen molar-refractivity contribution >= 4 is 31.6 Å². The zero-order chi connectivity index (χ0) is 13.9. The number of sulfonamides is 1. The maximum atomic E-state index is 12.6. The molecule has 0 bridgehead atoms. The Morgan fingerprint density at radius 2 is 2.00 bits per heavy atom. The lowest BCUT2D eigenvalue weighted by Gasteiger charge is -2.26. The summed E-state index contributed by atoms with van der Waals surface area (Å²) in [7, 11) is -3.51. The summed E-state index contributed by atoms with van der Waals surface area (Å²) in [6.07, 6.45) is 0.775. The van der Waals surface area contributed by atoms with E-state index in [1.807, 2.05) is 20.8 Å². The van der Waals surface area contributed by atoms with E-state index in [0.29, 0.717) is 16.7 Å². The number of rotatable bonds is 5. The highest BCUT2D eigenvalue weighted by molar-refractivity contribution is 9.10. The zero-order valence-electron chi connectivity index (χ0n) is 10.9. The van der Waals surface area contributed by atoms with Crippen LogP contribution >= 0.6 is 15.9 Å². The molecule has 0 aromatic heterocycles. The highest BCUT2D eigenvalue weighted by Gasteiger charge is 2.28. The van der Waals surface area contributed by atoms with Gasteiger partial charge >= 0.3 is 0 Å². The van der Waals surface area contributed by atoms with Crippen LogP contribution in [0.3, 0.4) is 0 Å². The average molecular weight is 335 g/mol. The second-order valence-electron chi connectivity index (χ2n) is 4.40. The van der Waals surface area contributed by atoms with Gasteiger partial charge in [0.05, 0.1) is 4.90 Å². The standard InChI is InChI=1S/C12H19BrN2O2S/c1-4-7-15(9(2)3)18(16,17)12-8-10(14)5-6-11(12)13/h5-6,8-9H,4,7,14H2,1-3H3. The third-order valence-corrected chi connectivity index (χ3v) is 5.63. The van der Waals surface area contributed by atoms with Crippen LogP contribution in [0.4, 0.5) is 5.69 Å². The fourth-order valence-corrected chi connectivity index (χ4v) is 4.41. The van der Waals surface area contributed by atoms with Gasteiger partial charge in [-0.2, -0.15) is 4.31 Å². The topological polar surface area (TPSA) is 63.4 Å². The van der Waals surface area contributed by atoms with Gasteiger partial charge in [0.25, 0.3) is 0 Å². The predicted molar refractivity (Wildman–Crippen MR) is 77.9 cm³/mol. The zero-order valence-corrected chi connectivity index (χ0v) is 13.3. The largest absolute Gasteiger partial charge is 0.399 e. The van der Waals surface area contributed by atoms with Gasteiger partial charge in [-0.25, -0.2) is 8.42 Å². The van der Waals surface area contributed by atoms with E-state index in [2.05, 4.69) is 15.9 Å². The van der Waals surface area contributed by atoms with Crippen LogP contribution < -0.4 is 5.73 Å². The normalized spacial score (nSPS) is 12.3. The van der Waals surface area contributed by atoms with Crippen LogP contribution in [0.1, 0.15) is 27.2 Å². The van der Waals surface area contributed by atoms with Crippen LogP contribution in [0.25, 0.3) is 0 Å². The van der Waals surface area contributed by atoms with Crippen LogP contribution in [0.15, 0.2) is 27.6 Å². The number of halogens is 1. The molecule has 1 rings (SSSR count). The van der Waals surface area contributed by atoms with Crippen LogP contribution in [0.2, 0.25) is 0 Å². The molecule has 0 aliphatic carbocycles. The van der Waals surface area contributed by atoms with Crippen molar-refractivity contribution in [2.24, 2.45) is 0 Å². The molecule has 0 unspecified atom stereocenters. The molecule has 0 saturated heterocycles. The molecule has 0 fully saturated rings. The number of nitrogens with zero attached hydrogens (tertiary/aromatic N) is 1. The predicted octanol–water partition coefficient (Wildman–Crippen LogP) is 2.84. The summed E-state index contributed by atoms with van der Waals surface area (Å²) < 4.78 is 27.2. The quantitative estimate of drug-likeness (QED) is 0.842. The molecule has 0 aliphatic heterocycles. The smallest absolute Gasteiger partial charge is 0.244 e. The van der Waals surface area contributed by atoms with Gasteiger partial charge in [0.1, 0.15) is 0 Å². The summed E-state index contributed by atoms with van der Waals surface area (Å²) in [4.78, 5) is 0.227. The third-order valence-electron chi connectivity index (χ3n) is 2.56. The van der Waals surface area contributed by atoms with E-state index in [1.54, 1.807) is 12.1 Å². The second kappa shape index (κ2) is 6.04. The first-order valence-corrected chi connectivity index (χ1v) is 8.11. The van der Waals surface area contributed by atoms with E-state index in [1.165, 1.54) is 10.4 Å². The minimum atomic E-state index is -3.51. The molecule has 4 nitrogen and oxygen atoms in total. The Kier molecular flexibility index (Phi) is 5.19. The maximum absolute atomic E-state index is 12.6. The average Bonchev–Trinajstić information content (AvgIpc) is 2.28. The SMILES string of the molecule is CCCN(C(C)C)S(=O)(=O)c1cc(N)ccc1Br. The summed E-state index contributed by atoms with van der Waals surface area (Å²) in [6, 6.07) is 4.74. The number of hydrogen-bond donors (Lipinski definition) is 1. The molecule has 0 amide bonds. The fourth-order valence-electron chi connectivity index (χ4n) is 1.72. The van der Waals surface area contributed by atoms with Gasteiger partial charge in [-0.15, -0.1) is 0 Å². The van der Waals surface area contributed by atoms with E-state index in [9.17, 15) is 8.42 Å². The molecular formula is C12H19BrN2O2S. The van der Waals surface area contributed by atoms with E-state index in [-0.39, 0.29) is 10.9 Å². The highest BCUT2D eigenvalue weighted by Crippen LogP contribution is 2.28. The fraction of sp³-hybridized carbons (Fsp3) is 0.500. The first-order chi connectivity index (χ1) is 8.30. The minimum Gasteiger partial charge on any atom is -0.399 e. The molecule has 0 heterocycles. The molecule has 2 N–H and O–H groups in total. The molecule has 18 heavy (non-hydrogen) atoms. The molecular weight excluding hydrogens is 316 g/mol. The van der Waals surface area contributed by atoms with E-state index in [0.717, 1.165) is 6.42 Å². The summed E-state index contributed by atoms with van der Waals surface area (Å²) in [6.45, 7) is 6.20. The molecule has 6 heteroatoms. The van der Waals surface area contributed by atoms with Gasteiger partial charge in [-0.1, -0.05) is 6.92 Å². The third kappa shape index (κ3) is 3.24. The number of benzene rings is 1. The minimum absolute atomic E-state index is 0.0803. The summed E-state index contributed by atoms with van der Waals surface area (Å²) in [5.41, 5.74) is 6.11. The monoisotopic (exact) mass is 334 g/mol. The Morgan fingerprint density at radius 1 is 1.39 bits per heavy atom. The molecule has 0 atom stereocenters. The lowest BCUT2D eigenvalue weighted by atomic mass is 10.3. The molecule has 1 aromatic carbocycles. The molecule has 0 saturated carbocycles. The molecule has 0 aliphatic rings. The van der Waals surface area contributed by atoms with E-state index in [4.69, 9.17) is 5.73 Å². The second-order valence-corrected chi connectivity index (χ2v) is 7.11. The Hall–Kier alpha value is -0.590. The Balaban J connectivity index is 3.30. The van der Waals surface area contributed by atoms with Crippen molar-refractivity contribution in [1.29, 1.82) is 0 Å². The van der Waals surface area contributed by atoms with Crippen molar-refractivity contribution in [2.75, 3.05) is 12.3 Å². The first-order valence-electron chi connectivity index (χ1n) is 5.87. The van der Waals surface area contributed by atoms with Crippen molar-refractivity contribution in [3.8, 4) is 0 Å². The summed E-state index contributed by atoms with van der Waals surface area (Å²) in [5.74, 6) is 0. The number of nitrogens with two attached hydrogens (primary N) is 1. The van der Waals surface area contributed by atoms with Gasteiger partial charge in [0.15, 0.2) is 0 Å². The lowest BCUT2D eigenvalue weighted by molar-refractivity contribution is 0.354. The Bertz CT molecular complexity index is 515. The Labute approximate surface area is 117 Å². The number of anilines is 1. The van der Waals surface area contributed by atoms with Crippen molar-refractivity contribution in [2.45, 2.75) is 38.1 Å². The van der Waals surface area contributed by atoms with Crippen molar-refractivity contribution < 1.29 is 8.42 Å². The van der Waals surface area contributed by atoms with Crippen LogP contribution in [0, 0.1) is 0 Å². The first kappa shape index (κ1) is 15.5. The highest BCUT2D eigenvalue weighted by atomic mass is 79.9. The molecule has 0 spiro atoms. The van der Waals surface area contributed by atoms with Gasteiger partial charge < -0.3 is 5.73 Å². The van der Waals surface area contributed by atoms with Crippen molar-refractivity contribution in [3.63, 3.8) is 0 Å². The van der Waals surface area contributed by atoms with Crippen molar-refractivity contribution in [1.82, 2.24) is 4.31 Å². The van der Waals surface area contributed by atoms with E-state index < -0.39 is 10.0 Å². The van der Waals surface area contributed by atoms with Gasteiger partial charge in [-0.3, -0.25) is 0 Å². The van der Waals surface area contributed by atoms with E-state index >= 15 is 0 Å². The summed E-state index contributed by atoms with van der Waals surface area (Å²) in [5, 5.41) is 0. The van der Waals surface area contributed by atoms with Gasteiger partial charge in [-0.05, 0) is 54.4 Å².